The smallest absolute Gasteiger partial charge is 0.244 e. The highest BCUT2D eigenvalue weighted by atomic mass is 32.1. The van der Waals surface area contributed by atoms with Crippen LogP contribution in [0.25, 0.3) is 6.08 Å². The minimum Gasteiger partial charge on any atom is -0.348 e. The molecule has 0 aliphatic carbocycles. The Morgan fingerprint density at radius 1 is 1.53 bits per heavy atom. The molecule has 2 heterocycles. The van der Waals surface area contributed by atoms with Gasteiger partial charge in [0.05, 0.1) is 12.2 Å². The van der Waals surface area contributed by atoms with Gasteiger partial charge >= 0.3 is 0 Å². The molecule has 2 aromatic rings. The van der Waals surface area contributed by atoms with E-state index in [1.807, 2.05) is 49.2 Å². The highest BCUT2D eigenvalue weighted by Gasteiger charge is 2.06. The van der Waals surface area contributed by atoms with Gasteiger partial charge < -0.3 is 5.32 Å². The van der Waals surface area contributed by atoms with E-state index < -0.39 is 0 Å². The van der Waals surface area contributed by atoms with Crippen molar-refractivity contribution >= 4 is 23.3 Å². The van der Waals surface area contributed by atoms with E-state index in [4.69, 9.17) is 0 Å². The number of hydrogen-bond acceptors (Lipinski definition) is 3. The number of nitrogens with one attached hydrogen (secondary N) is 1. The van der Waals surface area contributed by atoms with Crippen molar-refractivity contribution in [2.24, 2.45) is 7.05 Å². The van der Waals surface area contributed by atoms with Gasteiger partial charge in [-0.15, -0.1) is 11.3 Å². The molecule has 0 bridgehead atoms. The first-order valence-electron chi connectivity index (χ1n) is 6.06. The number of aromatic nitrogens is 2. The Kier molecular flexibility index (Phi) is 4.16. The maximum Gasteiger partial charge on any atom is 0.244 e. The Labute approximate surface area is 116 Å². The zero-order chi connectivity index (χ0) is 13.8. The number of carbonyl (C=O) groups excluding carboxylic acids is 1. The van der Waals surface area contributed by atoms with Gasteiger partial charge in [-0.3, -0.25) is 9.48 Å². The summed E-state index contributed by atoms with van der Waals surface area (Å²) in [5.74, 6) is -0.0870. The summed E-state index contributed by atoms with van der Waals surface area (Å²) in [7, 11) is 1.90. The van der Waals surface area contributed by atoms with Crippen LogP contribution < -0.4 is 5.32 Å². The molecule has 5 heteroatoms. The lowest BCUT2D eigenvalue weighted by atomic mass is 10.2. The third-order valence-corrected chi connectivity index (χ3v) is 3.86. The largest absolute Gasteiger partial charge is 0.348 e. The molecule has 1 amide bonds. The van der Waals surface area contributed by atoms with E-state index in [2.05, 4.69) is 10.4 Å². The third kappa shape index (κ3) is 3.32. The van der Waals surface area contributed by atoms with E-state index in [1.165, 1.54) is 0 Å². The molecule has 0 spiro atoms. The number of hydrogen-bond donors (Lipinski definition) is 1. The molecule has 4 nitrogen and oxygen atoms in total. The van der Waals surface area contributed by atoms with E-state index in [9.17, 15) is 4.79 Å². The number of thiophene rings is 1. The quantitative estimate of drug-likeness (QED) is 0.871. The summed E-state index contributed by atoms with van der Waals surface area (Å²) >= 11 is 1.64. The van der Waals surface area contributed by atoms with E-state index >= 15 is 0 Å². The van der Waals surface area contributed by atoms with Crippen LogP contribution in [-0.2, 0) is 18.4 Å². The van der Waals surface area contributed by atoms with Crippen molar-refractivity contribution in [1.29, 1.82) is 0 Å². The molecule has 0 saturated heterocycles. The molecule has 0 aliphatic heterocycles. The summed E-state index contributed by atoms with van der Waals surface area (Å²) in [6.45, 7) is 4.51. The summed E-state index contributed by atoms with van der Waals surface area (Å²) in [5.41, 5.74) is 3.00. The first kappa shape index (κ1) is 13.5. The van der Waals surface area contributed by atoms with Gasteiger partial charge in [0.15, 0.2) is 0 Å². The molecule has 0 aliphatic rings. The van der Waals surface area contributed by atoms with Crippen LogP contribution in [0.1, 0.15) is 21.8 Å². The first-order chi connectivity index (χ1) is 9.08. The van der Waals surface area contributed by atoms with Crippen LogP contribution in [0.15, 0.2) is 23.6 Å². The van der Waals surface area contributed by atoms with Gasteiger partial charge in [0.1, 0.15) is 0 Å². The fourth-order valence-electron chi connectivity index (χ4n) is 1.84. The zero-order valence-electron chi connectivity index (χ0n) is 11.3. The molecule has 0 radical (unpaired) electrons. The van der Waals surface area contributed by atoms with Crippen molar-refractivity contribution < 1.29 is 4.79 Å². The lowest BCUT2D eigenvalue weighted by Crippen LogP contribution is -2.19. The van der Waals surface area contributed by atoms with Crippen molar-refractivity contribution in [1.82, 2.24) is 15.1 Å². The van der Waals surface area contributed by atoms with Gasteiger partial charge in [-0.1, -0.05) is 6.07 Å². The predicted molar refractivity (Wildman–Crippen MR) is 77.9 cm³/mol. The van der Waals surface area contributed by atoms with Crippen LogP contribution in [0.2, 0.25) is 0 Å². The normalized spacial score (nSPS) is 11.1. The number of aryl methyl sites for hydroxylation is 2. The maximum absolute atomic E-state index is 11.7. The number of nitrogens with zero attached hydrogens (tertiary/aromatic N) is 2. The lowest BCUT2D eigenvalue weighted by Gasteiger charge is -1.99. The van der Waals surface area contributed by atoms with Crippen LogP contribution >= 0.6 is 11.3 Å². The van der Waals surface area contributed by atoms with Gasteiger partial charge in [-0.2, -0.15) is 5.10 Å². The number of carbonyl (C=O) groups is 1. The van der Waals surface area contributed by atoms with Crippen LogP contribution in [0, 0.1) is 13.8 Å². The maximum atomic E-state index is 11.7. The lowest BCUT2D eigenvalue weighted by molar-refractivity contribution is -0.116. The third-order valence-electron chi connectivity index (χ3n) is 2.98. The van der Waals surface area contributed by atoms with E-state index in [0.717, 1.165) is 21.8 Å². The second-order valence-electron chi connectivity index (χ2n) is 4.34. The number of rotatable bonds is 4. The molecule has 0 saturated carbocycles. The molecule has 100 valence electrons. The highest BCUT2D eigenvalue weighted by molar-refractivity contribution is 7.09. The van der Waals surface area contributed by atoms with Gasteiger partial charge in [-0.25, -0.2) is 0 Å². The molecule has 0 aromatic carbocycles. The van der Waals surface area contributed by atoms with Crippen LogP contribution in [0.5, 0.6) is 0 Å². The minimum absolute atomic E-state index is 0.0870. The van der Waals surface area contributed by atoms with Gasteiger partial charge in [-0.05, 0) is 31.4 Å². The Bertz CT molecular complexity index is 596. The van der Waals surface area contributed by atoms with E-state index in [-0.39, 0.29) is 5.91 Å². The number of amides is 1. The Morgan fingerprint density at radius 2 is 2.32 bits per heavy atom. The average molecular weight is 275 g/mol. The van der Waals surface area contributed by atoms with Crippen LogP contribution in [0.4, 0.5) is 0 Å². The SMILES string of the molecule is Cc1nn(C)c(C)c1/C=C/C(=O)NCc1cccs1. The zero-order valence-corrected chi connectivity index (χ0v) is 12.1. The summed E-state index contributed by atoms with van der Waals surface area (Å²) in [6.07, 6.45) is 3.38. The molecular formula is C14H17N3OS. The summed E-state index contributed by atoms with van der Waals surface area (Å²) in [4.78, 5) is 12.9. The molecule has 0 unspecified atom stereocenters. The van der Waals surface area contributed by atoms with Crippen molar-refractivity contribution in [3.05, 3.63) is 45.4 Å². The van der Waals surface area contributed by atoms with Crippen molar-refractivity contribution in [2.45, 2.75) is 20.4 Å². The van der Waals surface area contributed by atoms with Gasteiger partial charge in [0.25, 0.3) is 0 Å². The first-order valence-corrected chi connectivity index (χ1v) is 6.94. The van der Waals surface area contributed by atoms with Gasteiger partial charge in [0, 0.05) is 29.3 Å². The second-order valence-corrected chi connectivity index (χ2v) is 5.37. The van der Waals surface area contributed by atoms with Crippen LogP contribution in [0.3, 0.4) is 0 Å². The minimum atomic E-state index is -0.0870. The molecular weight excluding hydrogens is 258 g/mol. The second kappa shape index (κ2) is 5.84. The molecule has 0 fully saturated rings. The van der Waals surface area contributed by atoms with E-state index in [1.54, 1.807) is 17.4 Å². The predicted octanol–water partition coefficient (Wildman–Crippen LogP) is 2.43. The summed E-state index contributed by atoms with van der Waals surface area (Å²) in [5, 5.41) is 9.17. The van der Waals surface area contributed by atoms with Crippen molar-refractivity contribution in [3.63, 3.8) is 0 Å². The van der Waals surface area contributed by atoms with Crippen LogP contribution in [-0.4, -0.2) is 15.7 Å². The Morgan fingerprint density at radius 3 is 2.89 bits per heavy atom. The topological polar surface area (TPSA) is 46.9 Å². The monoisotopic (exact) mass is 275 g/mol. The standard InChI is InChI=1S/C14H17N3OS/c1-10-13(11(2)17(3)16-10)6-7-14(18)15-9-12-5-4-8-19-12/h4-8H,9H2,1-3H3,(H,15,18)/b7-6+. The molecule has 2 aromatic heterocycles. The van der Waals surface area contributed by atoms with E-state index in [0.29, 0.717) is 6.54 Å². The fraction of sp³-hybridized carbons (Fsp3) is 0.286. The fourth-order valence-corrected chi connectivity index (χ4v) is 2.48. The Hall–Kier alpha value is -1.88. The Balaban J connectivity index is 1.96. The molecule has 2 rings (SSSR count). The summed E-state index contributed by atoms with van der Waals surface area (Å²) in [6, 6.07) is 3.98. The average Bonchev–Trinajstić information content (AvgIpc) is 2.96. The highest BCUT2D eigenvalue weighted by Crippen LogP contribution is 2.13. The summed E-state index contributed by atoms with van der Waals surface area (Å²) < 4.78 is 1.82. The molecule has 19 heavy (non-hydrogen) atoms. The molecule has 1 N–H and O–H groups in total. The van der Waals surface area contributed by atoms with Crippen molar-refractivity contribution in [2.75, 3.05) is 0 Å². The van der Waals surface area contributed by atoms with Crippen molar-refractivity contribution in [3.8, 4) is 0 Å². The van der Waals surface area contributed by atoms with Gasteiger partial charge in [0.2, 0.25) is 5.91 Å². The molecule has 0 atom stereocenters.